The predicted octanol–water partition coefficient (Wildman–Crippen LogP) is 3.64. The van der Waals surface area contributed by atoms with Crippen LogP contribution in [0.1, 0.15) is 34.6 Å². The number of hydrogen-bond acceptors (Lipinski definition) is 4. The average Bonchev–Trinajstić information content (AvgIpc) is 2.54. The van der Waals surface area contributed by atoms with E-state index in [1.807, 2.05) is 0 Å². The van der Waals surface area contributed by atoms with Gasteiger partial charge < -0.3 is 10.6 Å². The number of amides is 2. The SMILES string of the molecule is CC(C)NC(=O)c1ccc(Cl)cc1NC(=O)c1ccccc1[N+](=O)[O-]. The lowest BCUT2D eigenvalue weighted by Gasteiger charge is -2.13. The van der Waals surface area contributed by atoms with E-state index >= 15 is 0 Å². The molecule has 0 radical (unpaired) electrons. The molecule has 0 aliphatic heterocycles. The minimum absolute atomic E-state index is 0.0954. The van der Waals surface area contributed by atoms with Gasteiger partial charge in [-0.3, -0.25) is 19.7 Å². The molecule has 0 spiro atoms. The number of carbonyl (C=O) groups is 2. The average molecular weight is 362 g/mol. The highest BCUT2D eigenvalue weighted by Crippen LogP contribution is 2.24. The Hall–Kier alpha value is -2.93. The van der Waals surface area contributed by atoms with E-state index < -0.39 is 10.8 Å². The first-order valence-corrected chi connectivity index (χ1v) is 7.82. The molecule has 0 aliphatic rings. The summed E-state index contributed by atoms with van der Waals surface area (Å²) in [6.45, 7) is 3.61. The molecule has 2 aromatic rings. The lowest BCUT2D eigenvalue weighted by atomic mass is 10.1. The second-order valence-corrected chi connectivity index (χ2v) is 5.98. The maximum absolute atomic E-state index is 12.5. The molecular formula is C17H16ClN3O4. The number of nitro groups is 1. The van der Waals surface area contributed by atoms with E-state index in [0.717, 1.165) is 0 Å². The molecule has 0 bridgehead atoms. The quantitative estimate of drug-likeness (QED) is 0.627. The van der Waals surface area contributed by atoms with E-state index in [9.17, 15) is 19.7 Å². The fourth-order valence-corrected chi connectivity index (χ4v) is 2.34. The van der Waals surface area contributed by atoms with Crippen molar-refractivity contribution >= 4 is 34.8 Å². The first kappa shape index (κ1) is 18.4. The summed E-state index contributed by atoms with van der Waals surface area (Å²) in [6, 6.07) is 9.89. The molecule has 0 aromatic heterocycles. The molecule has 0 saturated carbocycles. The molecule has 130 valence electrons. The van der Waals surface area contributed by atoms with Crippen LogP contribution in [0.4, 0.5) is 11.4 Å². The van der Waals surface area contributed by atoms with Crippen LogP contribution in [0.3, 0.4) is 0 Å². The van der Waals surface area contributed by atoms with Crippen LogP contribution in [-0.4, -0.2) is 22.8 Å². The summed E-state index contributed by atoms with van der Waals surface area (Å²) in [5, 5.41) is 16.6. The van der Waals surface area contributed by atoms with Crippen LogP contribution in [-0.2, 0) is 0 Å². The highest BCUT2D eigenvalue weighted by Gasteiger charge is 2.21. The zero-order valence-electron chi connectivity index (χ0n) is 13.6. The van der Waals surface area contributed by atoms with E-state index in [0.29, 0.717) is 5.02 Å². The van der Waals surface area contributed by atoms with Crippen molar-refractivity contribution in [2.75, 3.05) is 5.32 Å². The lowest BCUT2D eigenvalue weighted by molar-refractivity contribution is -0.385. The van der Waals surface area contributed by atoms with Gasteiger partial charge in [-0.1, -0.05) is 23.7 Å². The summed E-state index contributed by atoms with van der Waals surface area (Å²) in [4.78, 5) is 35.2. The fraction of sp³-hybridized carbons (Fsp3) is 0.176. The molecule has 2 amide bonds. The molecule has 2 aromatic carbocycles. The Kier molecular flexibility index (Phi) is 5.71. The number of hydrogen-bond donors (Lipinski definition) is 2. The first-order chi connectivity index (χ1) is 11.8. The highest BCUT2D eigenvalue weighted by molar-refractivity contribution is 6.31. The first-order valence-electron chi connectivity index (χ1n) is 7.44. The maximum Gasteiger partial charge on any atom is 0.282 e. The molecule has 0 atom stereocenters. The summed E-state index contributed by atoms with van der Waals surface area (Å²) >= 11 is 5.95. The molecule has 0 heterocycles. The van der Waals surface area contributed by atoms with Gasteiger partial charge in [0.1, 0.15) is 5.56 Å². The van der Waals surface area contributed by atoms with Gasteiger partial charge in [0.05, 0.1) is 16.2 Å². The molecule has 0 saturated heterocycles. The Labute approximate surface area is 149 Å². The summed E-state index contributed by atoms with van der Waals surface area (Å²) in [7, 11) is 0. The van der Waals surface area contributed by atoms with Crippen molar-refractivity contribution in [3.63, 3.8) is 0 Å². The smallest absolute Gasteiger partial charge is 0.282 e. The van der Waals surface area contributed by atoms with E-state index in [4.69, 9.17) is 11.6 Å². The fourth-order valence-electron chi connectivity index (χ4n) is 2.17. The summed E-state index contributed by atoms with van der Waals surface area (Å²) < 4.78 is 0. The van der Waals surface area contributed by atoms with Crippen LogP contribution in [0.5, 0.6) is 0 Å². The van der Waals surface area contributed by atoms with Gasteiger partial charge in [-0.05, 0) is 38.1 Å². The summed E-state index contributed by atoms with van der Waals surface area (Å²) in [5.74, 6) is -1.09. The van der Waals surface area contributed by atoms with Gasteiger partial charge in [0.15, 0.2) is 0 Å². The zero-order valence-corrected chi connectivity index (χ0v) is 14.3. The van der Waals surface area contributed by atoms with E-state index in [1.54, 1.807) is 13.8 Å². The molecule has 0 aliphatic carbocycles. The molecule has 0 unspecified atom stereocenters. The van der Waals surface area contributed by atoms with Gasteiger partial charge in [0, 0.05) is 17.1 Å². The predicted molar refractivity (Wildman–Crippen MR) is 95.1 cm³/mol. The Morgan fingerprint density at radius 1 is 1.08 bits per heavy atom. The molecule has 25 heavy (non-hydrogen) atoms. The van der Waals surface area contributed by atoms with Crippen molar-refractivity contribution < 1.29 is 14.5 Å². The van der Waals surface area contributed by atoms with Crippen molar-refractivity contribution in [2.24, 2.45) is 0 Å². The van der Waals surface area contributed by atoms with E-state index in [2.05, 4.69) is 10.6 Å². The molecule has 8 heteroatoms. The Morgan fingerprint density at radius 3 is 2.40 bits per heavy atom. The second kappa shape index (κ2) is 7.76. The third-order valence-electron chi connectivity index (χ3n) is 3.24. The van der Waals surface area contributed by atoms with E-state index in [1.165, 1.54) is 42.5 Å². The third kappa shape index (κ3) is 4.54. The van der Waals surface area contributed by atoms with E-state index in [-0.39, 0.29) is 34.5 Å². The number of benzene rings is 2. The van der Waals surface area contributed by atoms with Crippen molar-refractivity contribution in [3.8, 4) is 0 Å². The molecule has 2 rings (SSSR count). The zero-order chi connectivity index (χ0) is 18.6. The van der Waals surface area contributed by atoms with Crippen LogP contribution in [0.15, 0.2) is 42.5 Å². The van der Waals surface area contributed by atoms with Gasteiger partial charge in [-0.25, -0.2) is 0 Å². The van der Waals surface area contributed by atoms with Crippen LogP contribution in [0, 0.1) is 10.1 Å². The largest absolute Gasteiger partial charge is 0.350 e. The van der Waals surface area contributed by atoms with Crippen molar-refractivity contribution in [1.29, 1.82) is 0 Å². The molecular weight excluding hydrogens is 346 g/mol. The third-order valence-corrected chi connectivity index (χ3v) is 3.47. The number of para-hydroxylation sites is 1. The number of rotatable bonds is 5. The van der Waals surface area contributed by atoms with Gasteiger partial charge in [0.25, 0.3) is 17.5 Å². The van der Waals surface area contributed by atoms with Gasteiger partial charge in [-0.15, -0.1) is 0 Å². The number of carbonyl (C=O) groups excluding carboxylic acids is 2. The minimum Gasteiger partial charge on any atom is -0.350 e. The number of nitro benzene ring substituents is 1. The van der Waals surface area contributed by atoms with Crippen LogP contribution in [0.25, 0.3) is 0 Å². The van der Waals surface area contributed by atoms with Crippen molar-refractivity contribution in [3.05, 3.63) is 68.7 Å². The van der Waals surface area contributed by atoms with Gasteiger partial charge in [-0.2, -0.15) is 0 Å². The summed E-state index contributed by atoms with van der Waals surface area (Å²) in [6.07, 6.45) is 0. The van der Waals surface area contributed by atoms with Gasteiger partial charge >= 0.3 is 0 Å². The monoisotopic (exact) mass is 361 g/mol. The number of anilines is 1. The molecule has 7 nitrogen and oxygen atoms in total. The number of nitrogens with zero attached hydrogens (tertiary/aromatic N) is 1. The number of nitrogens with one attached hydrogen (secondary N) is 2. The van der Waals surface area contributed by atoms with Crippen LogP contribution < -0.4 is 10.6 Å². The van der Waals surface area contributed by atoms with Crippen LogP contribution >= 0.6 is 11.6 Å². The van der Waals surface area contributed by atoms with Crippen LogP contribution in [0.2, 0.25) is 5.02 Å². The Balaban J connectivity index is 2.37. The van der Waals surface area contributed by atoms with Crippen molar-refractivity contribution in [1.82, 2.24) is 5.32 Å². The molecule has 0 fully saturated rings. The summed E-state index contributed by atoms with van der Waals surface area (Å²) in [5.41, 5.74) is -0.0447. The van der Waals surface area contributed by atoms with Gasteiger partial charge in [0.2, 0.25) is 0 Å². The molecule has 2 N–H and O–H groups in total. The maximum atomic E-state index is 12.5. The Bertz CT molecular complexity index is 836. The number of halogens is 1. The Morgan fingerprint density at radius 2 is 1.76 bits per heavy atom. The highest BCUT2D eigenvalue weighted by atomic mass is 35.5. The second-order valence-electron chi connectivity index (χ2n) is 5.55. The standard InChI is InChI=1S/C17H16ClN3O4/c1-10(2)19-16(22)12-8-7-11(18)9-14(12)20-17(23)13-5-3-4-6-15(13)21(24)25/h3-10H,1-2H3,(H,19,22)(H,20,23). The normalized spacial score (nSPS) is 10.4. The lowest BCUT2D eigenvalue weighted by Crippen LogP contribution is -2.31. The van der Waals surface area contributed by atoms with Crippen molar-refractivity contribution in [2.45, 2.75) is 19.9 Å². The minimum atomic E-state index is -0.701. The topological polar surface area (TPSA) is 101 Å².